The number of ether oxygens (including phenoxy) is 3. The minimum absolute atomic E-state index is 0.0816. The Labute approximate surface area is 451 Å². The van der Waals surface area contributed by atoms with Gasteiger partial charge in [0.2, 0.25) is 0 Å². The van der Waals surface area contributed by atoms with Crippen LogP contribution in [0.2, 0.25) is 0 Å². The van der Waals surface area contributed by atoms with Crippen LogP contribution in [-0.2, 0) is 28.6 Å². The molecule has 0 aliphatic rings. The molecule has 0 saturated heterocycles. The van der Waals surface area contributed by atoms with Gasteiger partial charge in [0.05, 0.1) is 0 Å². The van der Waals surface area contributed by atoms with Crippen molar-refractivity contribution in [3.8, 4) is 0 Å². The van der Waals surface area contributed by atoms with Gasteiger partial charge in [-0.3, -0.25) is 14.4 Å². The van der Waals surface area contributed by atoms with Gasteiger partial charge in [0.1, 0.15) is 13.2 Å². The van der Waals surface area contributed by atoms with Crippen molar-refractivity contribution in [2.24, 2.45) is 0 Å². The summed E-state index contributed by atoms with van der Waals surface area (Å²) in [5.41, 5.74) is 0. The van der Waals surface area contributed by atoms with Crippen molar-refractivity contribution < 1.29 is 28.6 Å². The van der Waals surface area contributed by atoms with E-state index in [-0.39, 0.29) is 31.1 Å². The number of carbonyl (C=O) groups is 3. The monoisotopic (exact) mass is 1010 g/mol. The maximum Gasteiger partial charge on any atom is 0.306 e. The third-order valence-corrected chi connectivity index (χ3v) is 13.1. The summed E-state index contributed by atoms with van der Waals surface area (Å²) < 4.78 is 16.8. The second-order valence-electron chi connectivity index (χ2n) is 20.2. The summed E-state index contributed by atoms with van der Waals surface area (Å²) >= 11 is 0. The lowest BCUT2D eigenvalue weighted by atomic mass is 10.1. The quantitative estimate of drug-likeness (QED) is 0.0261. The van der Waals surface area contributed by atoms with E-state index in [0.717, 1.165) is 116 Å². The van der Waals surface area contributed by atoms with Crippen LogP contribution in [0, 0.1) is 0 Å². The van der Waals surface area contributed by atoms with Gasteiger partial charge in [0.15, 0.2) is 6.10 Å². The fourth-order valence-electron chi connectivity index (χ4n) is 8.48. The lowest BCUT2D eigenvalue weighted by Crippen LogP contribution is -2.30. The maximum absolute atomic E-state index is 12.8. The first-order valence-electron chi connectivity index (χ1n) is 30.7. The Balaban J connectivity index is 4.20. The molecule has 0 aromatic rings. The third kappa shape index (κ3) is 59.1. The second-order valence-corrected chi connectivity index (χ2v) is 20.2. The van der Waals surface area contributed by atoms with Crippen LogP contribution in [0.5, 0.6) is 0 Å². The van der Waals surface area contributed by atoms with Crippen LogP contribution in [0.1, 0.15) is 290 Å². The van der Waals surface area contributed by atoms with E-state index in [2.05, 4.69) is 118 Å². The molecule has 0 saturated carbocycles. The number of carbonyl (C=O) groups excluding carboxylic acids is 3. The van der Waals surface area contributed by atoms with Gasteiger partial charge in [0, 0.05) is 19.3 Å². The molecule has 0 rings (SSSR count). The van der Waals surface area contributed by atoms with Crippen LogP contribution in [0.25, 0.3) is 0 Å². The summed E-state index contributed by atoms with van der Waals surface area (Å²) in [6.07, 6.45) is 81.4. The highest BCUT2D eigenvalue weighted by atomic mass is 16.6. The lowest BCUT2D eigenvalue weighted by molar-refractivity contribution is -0.167. The highest BCUT2D eigenvalue weighted by Gasteiger charge is 2.19. The average Bonchev–Trinajstić information content (AvgIpc) is 3.39. The zero-order valence-electron chi connectivity index (χ0n) is 47.9. The zero-order valence-corrected chi connectivity index (χ0v) is 47.9. The Morgan fingerprint density at radius 2 is 0.534 bits per heavy atom. The first-order chi connectivity index (χ1) is 36.0. The van der Waals surface area contributed by atoms with E-state index in [1.807, 2.05) is 0 Å². The van der Waals surface area contributed by atoms with E-state index >= 15 is 0 Å². The van der Waals surface area contributed by atoms with Crippen LogP contribution in [0.3, 0.4) is 0 Å². The molecule has 1 atom stereocenters. The predicted octanol–water partition coefficient (Wildman–Crippen LogP) is 20.9. The van der Waals surface area contributed by atoms with E-state index in [1.165, 1.54) is 135 Å². The Kier molecular flexibility index (Phi) is 57.8. The van der Waals surface area contributed by atoms with Crippen molar-refractivity contribution in [3.05, 3.63) is 97.2 Å². The van der Waals surface area contributed by atoms with Gasteiger partial charge in [0.25, 0.3) is 0 Å². The normalized spacial score (nSPS) is 12.8. The number of unbranched alkanes of at least 4 members (excludes halogenated alkanes) is 28. The third-order valence-electron chi connectivity index (χ3n) is 13.1. The predicted molar refractivity (Wildman–Crippen MR) is 316 cm³/mol. The molecule has 0 aliphatic heterocycles. The first-order valence-corrected chi connectivity index (χ1v) is 30.7. The topological polar surface area (TPSA) is 78.9 Å². The Morgan fingerprint density at radius 1 is 0.288 bits per heavy atom. The minimum atomic E-state index is -0.783. The van der Waals surface area contributed by atoms with Gasteiger partial charge in [-0.15, -0.1) is 0 Å². The van der Waals surface area contributed by atoms with Crippen molar-refractivity contribution in [2.45, 2.75) is 297 Å². The summed E-state index contributed by atoms with van der Waals surface area (Å²) in [6.45, 7) is 6.48. The van der Waals surface area contributed by atoms with E-state index in [0.29, 0.717) is 19.3 Å². The summed E-state index contributed by atoms with van der Waals surface area (Å²) in [7, 11) is 0. The van der Waals surface area contributed by atoms with E-state index in [4.69, 9.17) is 14.2 Å². The molecule has 0 aromatic heterocycles. The Hall–Kier alpha value is -3.67. The lowest BCUT2D eigenvalue weighted by Gasteiger charge is -2.18. The van der Waals surface area contributed by atoms with Crippen molar-refractivity contribution in [2.75, 3.05) is 13.2 Å². The highest BCUT2D eigenvalue weighted by Crippen LogP contribution is 2.15. The molecule has 0 bridgehead atoms. The standard InChI is InChI=1S/C67H114O6/c1-4-7-10-13-16-18-20-22-24-26-28-30-32-33-35-36-38-40-42-44-46-48-51-54-57-60-66(69)72-63-64(62-71-65(68)59-56-53-50-15-12-9-6-3)73-67(70)61-58-55-52-49-47-45-43-41-39-37-34-31-29-27-25-23-21-19-17-14-11-8-5-2/h7,10,16,18,21-24,27-30,33-35,37,64H,4-6,8-9,11-15,17,19-20,25-26,31-32,36,38-63H2,1-3H3/b10-7-,18-16-,23-21-,24-22-,29-27-,30-28-,35-33-,37-34-. The van der Waals surface area contributed by atoms with Crippen molar-refractivity contribution in [1.29, 1.82) is 0 Å². The van der Waals surface area contributed by atoms with E-state index in [9.17, 15) is 14.4 Å². The first kappa shape index (κ1) is 69.3. The number of hydrogen-bond acceptors (Lipinski definition) is 6. The molecule has 0 radical (unpaired) electrons. The summed E-state index contributed by atoms with van der Waals surface area (Å²) in [6, 6.07) is 0. The largest absolute Gasteiger partial charge is 0.462 e. The molecule has 1 unspecified atom stereocenters. The van der Waals surface area contributed by atoms with Gasteiger partial charge in [-0.05, 0) is 103 Å². The molecule has 0 N–H and O–H groups in total. The molecule has 73 heavy (non-hydrogen) atoms. The molecule has 0 aliphatic carbocycles. The van der Waals surface area contributed by atoms with Crippen LogP contribution < -0.4 is 0 Å². The smallest absolute Gasteiger partial charge is 0.306 e. The summed E-state index contributed by atoms with van der Waals surface area (Å²) in [4.78, 5) is 38.0. The minimum Gasteiger partial charge on any atom is -0.462 e. The SMILES string of the molecule is CC/C=C\C/C=C\C/C=C\C/C=C\C/C=C\CCCCCCCCCCCC(=O)OCC(COC(=O)CCCCCCCCC)OC(=O)CCCCCCCCCC/C=C\C/C=C\C/C=C\CCCCCCC. The van der Waals surface area contributed by atoms with Gasteiger partial charge < -0.3 is 14.2 Å². The summed E-state index contributed by atoms with van der Waals surface area (Å²) in [5.74, 6) is -0.896. The molecule has 0 amide bonds. The van der Waals surface area contributed by atoms with Crippen LogP contribution in [0.4, 0.5) is 0 Å². The van der Waals surface area contributed by atoms with E-state index < -0.39 is 6.10 Å². The molecule has 6 heteroatoms. The van der Waals surface area contributed by atoms with Crippen molar-refractivity contribution in [3.63, 3.8) is 0 Å². The molecular formula is C67H114O6. The number of esters is 3. The molecule has 418 valence electrons. The fourth-order valence-corrected chi connectivity index (χ4v) is 8.48. The van der Waals surface area contributed by atoms with E-state index in [1.54, 1.807) is 0 Å². The van der Waals surface area contributed by atoms with Crippen molar-refractivity contribution in [1.82, 2.24) is 0 Å². The highest BCUT2D eigenvalue weighted by molar-refractivity contribution is 5.71. The molecule has 6 nitrogen and oxygen atoms in total. The fraction of sp³-hybridized carbons (Fsp3) is 0.716. The number of rotatable bonds is 55. The maximum atomic E-state index is 12.8. The number of allylic oxidation sites excluding steroid dienone is 16. The van der Waals surface area contributed by atoms with Gasteiger partial charge >= 0.3 is 17.9 Å². The van der Waals surface area contributed by atoms with Crippen molar-refractivity contribution >= 4 is 17.9 Å². The molecule has 0 spiro atoms. The van der Waals surface area contributed by atoms with Gasteiger partial charge in [-0.1, -0.05) is 266 Å². The average molecular weight is 1020 g/mol. The van der Waals surface area contributed by atoms with Gasteiger partial charge in [-0.2, -0.15) is 0 Å². The Morgan fingerprint density at radius 3 is 0.836 bits per heavy atom. The molecule has 0 fully saturated rings. The van der Waals surface area contributed by atoms with Crippen LogP contribution >= 0.6 is 0 Å². The molecule has 0 aromatic carbocycles. The summed E-state index contributed by atoms with van der Waals surface area (Å²) in [5, 5.41) is 0. The molecule has 0 heterocycles. The Bertz CT molecular complexity index is 1440. The second kappa shape index (κ2) is 60.9. The van der Waals surface area contributed by atoms with Gasteiger partial charge in [-0.25, -0.2) is 0 Å². The zero-order chi connectivity index (χ0) is 52.9. The number of hydrogen-bond donors (Lipinski definition) is 0. The molecular weight excluding hydrogens is 901 g/mol. The van der Waals surface area contributed by atoms with Crippen LogP contribution in [-0.4, -0.2) is 37.2 Å². The van der Waals surface area contributed by atoms with Crippen LogP contribution in [0.15, 0.2) is 97.2 Å².